The zero-order valence-electron chi connectivity index (χ0n) is 12.6. The Labute approximate surface area is 130 Å². The predicted octanol–water partition coefficient (Wildman–Crippen LogP) is -0.698. The average molecular weight is 323 g/mol. The van der Waals surface area contributed by atoms with Crippen molar-refractivity contribution in [3.63, 3.8) is 0 Å². The van der Waals surface area contributed by atoms with Crippen LogP contribution in [-0.2, 0) is 14.3 Å². The lowest BCUT2D eigenvalue weighted by Crippen LogP contribution is -2.35. The van der Waals surface area contributed by atoms with Crippen molar-refractivity contribution < 1.29 is 19.4 Å². The lowest BCUT2D eigenvalue weighted by Gasteiger charge is -2.21. The lowest BCUT2D eigenvalue weighted by atomic mass is 10.1. The Bertz CT molecular complexity index is 800. The second-order valence-electron chi connectivity index (χ2n) is 5.31. The summed E-state index contributed by atoms with van der Waals surface area (Å²) in [7, 11) is 0. The molecule has 1 fully saturated rings. The van der Waals surface area contributed by atoms with Crippen LogP contribution in [0.25, 0.3) is 11.2 Å². The van der Waals surface area contributed by atoms with Gasteiger partial charge in [0.2, 0.25) is 5.95 Å². The first-order valence-corrected chi connectivity index (χ1v) is 7.15. The second kappa shape index (κ2) is 5.63. The standard InChI is InChI=1S/C13H17N5O5/c1-3-6-8(20)9(22-5(2)19)12(23-6)18-4-15-7-10(18)16-13(14)17-11(7)21/h4,6,8-9,12,20H,3H2,1-2H3,(H3,14,16,17,21)/t6-,8-,9-,12?/m1/s1. The molecule has 1 aliphatic heterocycles. The Hall–Kier alpha value is -2.46. The fourth-order valence-electron chi connectivity index (χ4n) is 2.73. The summed E-state index contributed by atoms with van der Waals surface area (Å²) >= 11 is 0. The Morgan fingerprint density at radius 1 is 1.61 bits per heavy atom. The first-order valence-electron chi connectivity index (χ1n) is 7.15. The van der Waals surface area contributed by atoms with Crippen LogP contribution in [0.5, 0.6) is 0 Å². The summed E-state index contributed by atoms with van der Waals surface area (Å²) in [6.45, 7) is 3.09. The quantitative estimate of drug-likeness (QED) is 0.629. The molecular formula is C13H17N5O5. The van der Waals surface area contributed by atoms with E-state index in [9.17, 15) is 14.7 Å². The van der Waals surface area contributed by atoms with Gasteiger partial charge in [-0.25, -0.2) is 4.98 Å². The number of aliphatic hydroxyl groups excluding tert-OH is 1. The van der Waals surface area contributed by atoms with Crippen molar-refractivity contribution in [3.05, 3.63) is 16.7 Å². The Balaban J connectivity index is 2.08. The highest BCUT2D eigenvalue weighted by molar-refractivity contribution is 5.70. The number of nitrogens with zero attached hydrogens (tertiary/aromatic N) is 3. The van der Waals surface area contributed by atoms with Crippen LogP contribution in [0.3, 0.4) is 0 Å². The third-order valence-corrected chi connectivity index (χ3v) is 3.74. The van der Waals surface area contributed by atoms with Crippen molar-refractivity contribution in [2.24, 2.45) is 0 Å². The first-order chi connectivity index (χ1) is 10.9. The molecule has 0 bridgehead atoms. The highest BCUT2D eigenvalue weighted by atomic mass is 16.6. The van der Waals surface area contributed by atoms with Gasteiger partial charge in [-0.15, -0.1) is 0 Å². The predicted molar refractivity (Wildman–Crippen MR) is 78.3 cm³/mol. The number of rotatable bonds is 3. The number of nitrogens with two attached hydrogens (primary N) is 1. The molecule has 10 heteroatoms. The normalized spacial score (nSPS) is 27.4. The largest absolute Gasteiger partial charge is 0.455 e. The number of aliphatic hydroxyl groups is 1. The molecule has 2 aromatic heterocycles. The SMILES string of the molecule is CC[C@H]1OC(n2cnc3c(=O)[nH]c(N)nc32)[C@H](OC(C)=O)[C@@H]1O. The molecule has 4 atom stereocenters. The van der Waals surface area contributed by atoms with Crippen LogP contribution in [0.2, 0.25) is 0 Å². The molecule has 124 valence electrons. The number of H-pyrrole nitrogens is 1. The molecule has 3 heterocycles. The van der Waals surface area contributed by atoms with E-state index in [1.807, 2.05) is 6.92 Å². The Kier molecular flexibility index (Phi) is 3.78. The van der Waals surface area contributed by atoms with Crippen LogP contribution >= 0.6 is 0 Å². The Morgan fingerprint density at radius 3 is 3.00 bits per heavy atom. The summed E-state index contributed by atoms with van der Waals surface area (Å²) in [6.07, 6.45) is -1.42. The Morgan fingerprint density at radius 2 is 2.35 bits per heavy atom. The minimum Gasteiger partial charge on any atom is -0.455 e. The maximum atomic E-state index is 11.8. The molecule has 2 aromatic rings. The van der Waals surface area contributed by atoms with Crippen LogP contribution in [-0.4, -0.2) is 48.9 Å². The van der Waals surface area contributed by atoms with E-state index in [0.29, 0.717) is 6.42 Å². The minimum atomic E-state index is -0.995. The monoisotopic (exact) mass is 323 g/mol. The van der Waals surface area contributed by atoms with Crippen LogP contribution in [0, 0.1) is 0 Å². The fourth-order valence-corrected chi connectivity index (χ4v) is 2.73. The summed E-state index contributed by atoms with van der Waals surface area (Å²) < 4.78 is 12.4. The van der Waals surface area contributed by atoms with E-state index in [1.54, 1.807) is 0 Å². The molecular weight excluding hydrogens is 306 g/mol. The van der Waals surface area contributed by atoms with Crippen LogP contribution in [0.15, 0.2) is 11.1 Å². The summed E-state index contributed by atoms with van der Waals surface area (Å²) in [6, 6.07) is 0. The van der Waals surface area contributed by atoms with Gasteiger partial charge in [-0.05, 0) is 6.42 Å². The number of anilines is 1. The third-order valence-electron chi connectivity index (χ3n) is 3.74. The van der Waals surface area contributed by atoms with Gasteiger partial charge in [0, 0.05) is 6.92 Å². The smallest absolute Gasteiger partial charge is 0.303 e. The zero-order valence-corrected chi connectivity index (χ0v) is 12.6. The minimum absolute atomic E-state index is 0.0705. The summed E-state index contributed by atoms with van der Waals surface area (Å²) in [4.78, 5) is 33.6. The van der Waals surface area contributed by atoms with Crippen LogP contribution in [0.1, 0.15) is 26.5 Å². The maximum absolute atomic E-state index is 11.8. The fraction of sp³-hybridized carbons (Fsp3) is 0.538. The van der Waals surface area contributed by atoms with Gasteiger partial charge in [0.25, 0.3) is 5.56 Å². The van der Waals surface area contributed by atoms with Gasteiger partial charge in [0.05, 0.1) is 12.4 Å². The van der Waals surface area contributed by atoms with E-state index in [1.165, 1.54) is 17.8 Å². The van der Waals surface area contributed by atoms with E-state index in [2.05, 4.69) is 15.0 Å². The van der Waals surface area contributed by atoms with Crippen molar-refractivity contribution in [1.29, 1.82) is 0 Å². The molecule has 1 saturated heterocycles. The van der Waals surface area contributed by atoms with Crippen molar-refractivity contribution >= 4 is 23.1 Å². The zero-order chi connectivity index (χ0) is 16.7. The molecule has 0 spiro atoms. The molecule has 23 heavy (non-hydrogen) atoms. The van der Waals surface area contributed by atoms with E-state index in [4.69, 9.17) is 15.2 Å². The molecule has 3 rings (SSSR count). The second-order valence-corrected chi connectivity index (χ2v) is 5.31. The highest BCUT2D eigenvalue weighted by Gasteiger charge is 2.46. The summed E-state index contributed by atoms with van der Waals surface area (Å²) in [5.74, 6) is -0.618. The number of hydrogen-bond donors (Lipinski definition) is 3. The van der Waals surface area contributed by atoms with Crippen molar-refractivity contribution in [1.82, 2.24) is 19.5 Å². The van der Waals surface area contributed by atoms with E-state index < -0.39 is 36.1 Å². The van der Waals surface area contributed by atoms with Crippen LogP contribution in [0.4, 0.5) is 5.95 Å². The van der Waals surface area contributed by atoms with Gasteiger partial charge in [0.1, 0.15) is 6.10 Å². The number of carbonyl (C=O) groups excluding carboxylic acids is 1. The molecule has 0 aliphatic carbocycles. The molecule has 0 amide bonds. The topological polar surface area (TPSA) is 145 Å². The van der Waals surface area contributed by atoms with Gasteiger partial charge in [-0.1, -0.05) is 6.92 Å². The molecule has 0 aromatic carbocycles. The highest BCUT2D eigenvalue weighted by Crippen LogP contribution is 2.34. The molecule has 10 nitrogen and oxygen atoms in total. The van der Waals surface area contributed by atoms with Crippen molar-refractivity contribution in [2.75, 3.05) is 5.73 Å². The molecule has 1 unspecified atom stereocenters. The molecule has 0 radical (unpaired) electrons. The number of ether oxygens (including phenoxy) is 2. The van der Waals surface area contributed by atoms with E-state index in [-0.39, 0.29) is 17.1 Å². The van der Waals surface area contributed by atoms with Crippen LogP contribution < -0.4 is 11.3 Å². The van der Waals surface area contributed by atoms with Gasteiger partial charge in [-0.3, -0.25) is 19.1 Å². The van der Waals surface area contributed by atoms with E-state index >= 15 is 0 Å². The number of esters is 1. The number of aromatic nitrogens is 4. The number of carbonyl (C=O) groups is 1. The van der Waals surface area contributed by atoms with Gasteiger partial charge >= 0.3 is 5.97 Å². The van der Waals surface area contributed by atoms with Gasteiger partial charge in [0.15, 0.2) is 23.5 Å². The average Bonchev–Trinajstić information content (AvgIpc) is 3.01. The number of nitrogens with one attached hydrogen (secondary N) is 1. The maximum Gasteiger partial charge on any atom is 0.303 e. The van der Waals surface area contributed by atoms with Crippen molar-refractivity contribution in [2.45, 2.75) is 44.8 Å². The third kappa shape index (κ3) is 2.55. The number of nitrogen functional groups attached to an aromatic ring is 1. The molecule has 1 aliphatic rings. The number of fused-ring (bicyclic) bond motifs is 1. The van der Waals surface area contributed by atoms with Crippen molar-refractivity contribution in [3.8, 4) is 0 Å². The van der Waals surface area contributed by atoms with Gasteiger partial charge < -0.3 is 20.3 Å². The number of hydrogen-bond acceptors (Lipinski definition) is 8. The lowest BCUT2D eigenvalue weighted by molar-refractivity contribution is -0.155. The molecule has 0 saturated carbocycles. The number of imidazole rings is 1. The van der Waals surface area contributed by atoms with Gasteiger partial charge in [-0.2, -0.15) is 4.98 Å². The summed E-state index contributed by atoms with van der Waals surface area (Å²) in [5, 5.41) is 10.3. The first kappa shape index (κ1) is 15.4. The summed E-state index contributed by atoms with van der Waals surface area (Å²) in [5.41, 5.74) is 5.35. The number of aromatic amines is 1. The van der Waals surface area contributed by atoms with E-state index in [0.717, 1.165) is 0 Å². The molecule has 4 N–H and O–H groups in total.